The summed E-state index contributed by atoms with van der Waals surface area (Å²) in [5.74, 6) is -0.161. The maximum Gasteiger partial charge on any atom is 0.240 e. The second-order valence-electron chi connectivity index (χ2n) is 4.53. The summed E-state index contributed by atoms with van der Waals surface area (Å²) in [5.41, 5.74) is 7.53. The van der Waals surface area contributed by atoms with Crippen molar-refractivity contribution in [1.29, 1.82) is 0 Å². The molecule has 0 unspecified atom stereocenters. The monoisotopic (exact) mass is 235 g/mol. The summed E-state index contributed by atoms with van der Waals surface area (Å²) in [6.45, 7) is 2.69. The molecule has 0 saturated heterocycles. The largest absolute Gasteiger partial charge is 0.325 e. The number of nitrogens with zero attached hydrogens (tertiary/aromatic N) is 1. The third-order valence-electron chi connectivity index (χ3n) is 2.48. The summed E-state index contributed by atoms with van der Waals surface area (Å²) < 4.78 is 0. The second-order valence-corrected chi connectivity index (χ2v) is 4.53. The van der Waals surface area contributed by atoms with Crippen molar-refractivity contribution in [2.24, 2.45) is 5.73 Å². The molecule has 1 amide bonds. The minimum absolute atomic E-state index is 0.161. The van der Waals surface area contributed by atoms with Crippen LogP contribution in [0.25, 0.3) is 0 Å². The van der Waals surface area contributed by atoms with Gasteiger partial charge >= 0.3 is 0 Å². The van der Waals surface area contributed by atoms with Crippen LogP contribution in [0.4, 0.5) is 5.69 Å². The van der Waals surface area contributed by atoms with Gasteiger partial charge in [-0.3, -0.25) is 4.79 Å². The molecule has 0 fully saturated rings. The molecule has 0 aliphatic carbocycles. The van der Waals surface area contributed by atoms with Crippen molar-refractivity contribution in [3.8, 4) is 0 Å². The summed E-state index contributed by atoms with van der Waals surface area (Å²) in [4.78, 5) is 13.5. The van der Waals surface area contributed by atoms with E-state index in [0.717, 1.165) is 18.7 Å². The van der Waals surface area contributed by atoms with Gasteiger partial charge in [-0.25, -0.2) is 0 Å². The first kappa shape index (κ1) is 13.7. The molecule has 17 heavy (non-hydrogen) atoms. The normalized spacial score (nSPS) is 12.5. The lowest BCUT2D eigenvalue weighted by Gasteiger charge is -2.10. The van der Waals surface area contributed by atoms with E-state index in [1.54, 1.807) is 6.92 Å². The van der Waals surface area contributed by atoms with Crippen LogP contribution in [0, 0.1) is 0 Å². The Hall–Kier alpha value is -1.39. The molecule has 0 bridgehead atoms. The zero-order chi connectivity index (χ0) is 12.8. The van der Waals surface area contributed by atoms with Crippen LogP contribution in [-0.4, -0.2) is 37.5 Å². The van der Waals surface area contributed by atoms with Crippen molar-refractivity contribution in [2.75, 3.05) is 26.0 Å². The molecule has 1 aromatic rings. The number of rotatable bonds is 5. The number of nitrogens with one attached hydrogen (secondary N) is 1. The summed E-state index contributed by atoms with van der Waals surface area (Å²) in [7, 11) is 4.11. The van der Waals surface area contributed by atoms with E-state index in [1.165, 1.54) is 5.56 Å². The fourth-order valence-corrected chi connectivity index (χ4v) is 1.36. The third-order valence-corrected chi connectivity index (χ3v) is 2.48. The summed E-state index contributed by atoms with van der Waals surface area (Å²) in [6.07, 6.45) is 1.01. The Morgan fingerprint density at radius 2 is 1.94 bits per heavy atom. The van der Waals surface area contributed by atoms with E-state index < -0.39 is 6.04 Å². The standard InChI is InChI=1S/C13H21N3O/c1-10(14)13(17)15-12-6-4-11(5-7-12)8-9-16(2)3/h4-7,10H,8-9,14H2,1-3H3,(H,15,17)/t10-/m1/s1. The fourth-order valence-electron chi connectivity index (χ4n) is 1.36. The summed E-state index contributed by atoms with van der Waals surface area (Å²) in [5, 5.41) is 2.76. The van der Waals surface area contributed by atoms with Crippen LogP contribution >= 0.6 is 0 Å². The fraction of sp³-hybridized carbons (Fsp3) is 0.462. The van der Waals surface area contributed by atoms with Crippen molar-refractivity contribution in [1.82, 2.24) is 4.90 Å². The first-order valence-corrected chi connectivity index (χ1v) is 5.79. The van der Waals surface area contributed by atoms with Gasteiger partial charge in [0.15, 0.2) is 0 Å². The van der Waals surface area contributed by atoms with Gasteiger partial charge in [-0.1, -0.05) is 12.1 Å². The van der Waals surface area contributed by atoms with E-state index in [-0.39, 0.29) is 5.91 Å². The van der Waals surface area contributed by atoms with Gasteiger partial charge in [-0.05, 0) is 45.1 Å². The minimum atomic E-state index is -0.483. The lowest BCUT2D eigenvalue weighted by atomic mass is 10.1. The highest BCUT2D eigenvalue weighted by Gasteiger charge is 2.06. The number of benzene rings is 1. The van der Waals surface area contributed by atoms with E-state index in [4.69, 9.17) is 5.73 Å². The molecule has 0 aliphatic rings. The maximum atomic E-state index is 11.4. The average molecular weight is 235 g/mol. The van der Waals surface area contributed by atoms with Crippen LogP contribution in [0.2, 0.25) is 0 Å². The van der Waals surface area contributed by atoms with E-state index in [0.29, 0.717) is 0 Å². The lowest BCUT2D eigenvalue weighted by Crippen LogP contribution is -2.32. The molecule has 0 saturated carbocycles. The Bertz CT molecular complexity index is 357. The molecule has 0 aromatic heterocycles. The highest BCUT2D eigenvalue weighted by molar-refractivity contribution is 5.94. The number of carbonyl (C=O) groups is 1. The summed E-state index contributed by atoms with van der Waals surface area (Å²) >= 11 is 0. The first-order chi connectivity index (χ1) is 7.99. The van der Waals surface area contributed by atoms with Gasteiger partial charge in [0, 0.05) is 12.2 Å². The number of anilines is 1. The van der Waals surface area contributed by atoms with Gasteiger partial charge in [-0.2, -0.15) is 0 Å². The first-order valence-electron chi connectivity index (χ1n) is 5.79. The van der Waals surface area contributed by atoms with Gasteiger partial charge < -0.3 is 16.0 Å². The van der Waals surface area contributed by atoms with Crippen LogP contribution < -0.4 is 11.1 Å². The summed E-state index contributed by atoms with van der Waals surface area (Å²) in [6, 6.07) is 7.39. The van der Waals surface area contributed by atoms with Crippen molar-refractivity contribution < 1.29 is 4.79 Å². The zero-order valence-corrected chi connectivity index (χ0v) is 10.7. The van der Waals surface area contributed by atoms with Crippen LogP contribution in [0.1, 0.15) is 12.5 Å². The molecule has 1 rings (SSSR count). The molecule has 4 heteroatoms. The average Bonchev–Trinajstić information content (AvgIpc) is 2.28. The Kier molecular flexibility index (Phi) is 5.12. The molecule has 0 aliphatic heterocycles. The molecule has 1 atom stereocenters. The Morgan fingerprint density at radius 3 is 2.41 bits per heavy atom. The molecule has 3 N–H and O–H groups in total. The quantitative estimate of drug-likeness (QED) is 0.803. The van der Waals surface area contributed by atoms with Crippen LogP contribution in [0.3, 0.4) is 0 Å². The second kappa shape index (κ2) is 6.37. The van der Waals surface area contributed by atoms with Gasteiger partial charge in [0.05, 0.1) is 6.04 Å². The number of hydrogen-bond acceptors (Lipinski definition) is 3. The van der Waals surface area contributed by atoms with Gasteiger partial charge in [-0.15, -0.1) is 0 Å². The molecule has 0 radical (unpaired) electrons. The zero-order valence-electron chi connectivity index (χ0n) is 10.7. The van der Waals surface area contributed by atoms with Crippen molar-refractivity contribution >= 4 is 11.6 Å². The highest BCUT2D eigenvalue weighted by Crippen LogP contribution is 2.10. The number of hydrogen-bond donors (Lipinski definition) is 2. The third kappa shape index (κ3) is 4.97. The predicted octanol–water partition coefficient (Wildman–Crippen LogP) is 1.08. The predicted molar refractivity (Wildman–Crippen MR) is 71.0 cm³/mol. The molecule has 1 aromatic carbocycles. The Labute approximate surface area is 103 Å². The number of carbonyl (C=O) groups excluding carboxylic acids is 1. The van der Waals surface area contributed by atoms with Crippen molar-refractivity contribution in [3.63, 3.8) is 0 Å². The Morgan fingerprint density at radius 1 is 1.35 bits per heavy atom. The molecule has 0 heterocycles. The van der Waals surface area contributed by atoms with Gasteiger partial charge in [0.2, 0.25) is 5.91 Å². The molecule has 94 valence electrons. The van der Waals surface area contributed by atoms with E-state index in [2.05, 4.69) is 24.3 Å². The molecule has 0 spiro atoms. The highest BCUT2D eigenvalue weighted by atomic mass is 16.2. The molecule has 4 nitrogen and oxygen atoms in total. The van der Waals surface area contributed by atoms with Gasteiger partial charge in [0.25, 0.3) is 0 Å². The molecular formula is C13H21N3O. The van der Waals surface area contributed by atoms with E-state index in [1.807, 2.05) is 24.3 Å². The van der Waals surface area contributed by atoms with Crippen LogP contribution in [-0.2, 0) is 11.2 Å². The maximum absolute atomic E-state index is 11.4. The SMILES string of the molecule is C[C@@H](N)C(=O)Nc1ccc(CCN(C)C)cc1. The van der Waals surface area contributed by atoms with Crippen LogP contribution in [0.15, 0.2) is 24.3 Å². The molecular weight excluding hydrogens is 214 g/mol. The smallest absolute Gasteiger partial charge is 0.240 e. The topological polar surface area (TPSA) is 58.4 Å². The van der Waals surface area contributed by atoms with Crippen LogP contribution in [0.5, 0.6) is 0 Å². The Balaban J connectivity index is 2.53. The van der Waals surface area contributed by atoms with Gasteiger partial charge in [0.1, 0.15) is 0 Å². The van der Waals surface area contributed by atoms with Crippen molar-refractivity contribution in [3.05, 3.63) is 29.8 Å². The lowest BCUT2D eigenvalue weighted by molar-refractivity contribution is -0.117. The van der Waals surface area contributed by atoms with E-state index >= 15 is 0 Å². The number of amides is 1. The van der Waals surface area contributed by atoms with E-state index in [9.17, 15) is 4.79 Å². The number of likely N-dealkylation sites (N-methyl/N-ethyl adjacent to an activating group) is 1. The van der Waals surface area contributed by atoms with Crippen molar-refractivity contribution in [2.45, 2.75) is 19.4 Å². The number of nitrogens with two attached hydrogens (primary N) is 1. The minimum Gasteiger partial charge on any atom is -0.325 e.